The van der Waals surface area contributed by atoms with Gasteiger partial charge in [-0.3, -0.25) is 0 Å². The van der Waals surface area contributed by atoms with Gasteiger partial charge in [-0.2, -0.15) is 0 Å². The molecule has 0 saturated carbocycles. The molecule has 0 rings (SSSR count). The van der Waals surface area contributed by atoms with Gasteiger partial charge in [0.2, 0.25) is 0 Å². The summed E-state index contributed by atoms with van der Waals surface area (Å²) in [5, 5.41) is 0. The van der Waals surface area contributed by atoms with E-state index < -0.39 is 0 Å². The lowest BCUT2D eigenvalue weighted by Crippen LogP contribution is -2.31. The van der Waals surface area contributed by atoms with E-state index in [1.165, 1.54) is 14.1 Å². The van der Waals surface area contributed by atoms with Crippen molar-refractivity contribution in [1.29, 1.82) is 0 Å². The molecule has 0 spiro atoms. The Morgan fingerprint density at radius 2 is 1.50 bits per heavy atom. The molecule has 8 radical (unpaired) electrons. The van der Waals surface area contributed by atoms with Crippen LogP contribution >= 0.6 is 0 Å². The van der Waals surface area contributed by atoms with E-state index in [1.807, 2.05) is 0 Å². The monoisotopic (exact) mass is 66.1 g/mol. The number of hydrogen-bond acceptors (Lipinski definition) is 0. The van der Waals surface area contributed by atoms with Gasteiger partial charge in [0.05, 0.1) is 0 Å². The van der Waals surface area contributed by atoms with E-state index in [0.29, 0.717) is 0 Å². The van der Waals surface area contributed by atoms with Crippen molar-refractivity contribution in [3.63, 3.8) is 0 Å². The van der Waals surface area contributed by atoms with Crippen molar-refractivity contribution in [2.24, 2.45) is 0 Å². The van der Waals surface area contributed by atoms with Gasteiger partial charge in [-0.15, -0.1) is 0 Å². The van der Waals surface area contributed by atoms with Crippen molar-refractivity contribution in [3.8, 4) is 0 Å². The van der Waals surface area contributed by atoms with Gasteiger partial charge in [-0.1, -0.05) is 0 Å². The van der Waals surface area contributed by atoms with E-state index in [2.05, 4.69) is 0 Å². The first-order valence-electron chi connectivity index (χ1n) is 1.67. The average molecular weight is 64.9 g/mol. The van der Waals surface area contributed by atoms with Crippen molar-refractivity contribution in [2.75, 3.05) is 0 Å². The molecule has 6 heavy (non-hydrogen) atoms. The molecule has 0 atom stereocenters. The van der Waals surface area contributed by atoms with Crippen LogP contribution in [0.2, 0.25) is 0 Å². The first kappa shape index (κ1) is 6.39. The summed E-state index contributed by atoms with van der Waals surface area (Å²) >= 11 is 0. The quantitative estimate of drug-likeness (QED) is 0.318. The third kappa shape index (κ3) is 2.62. The van der Waals surface area contributed by atoms with E-state index in [0.717, 1.165) is 0 Å². The standard InChI is InChI=1S/B6/c1-4-6(3)5-2. The van der Waals surface area contributed by atoms with Crippen LogP contribution in [0.15, 0.2) is 0 Å². The molecule has 0 aliphatic rings. The molecule has 0 aromatic heterocycles. The maximum Gasteiger partial charge on any atom is 0 e. The Morgan fingerprint density at radius 3 is 1.50 bits per heavy atom. The van der Waals surface area contributed by atoms with Gasteiger partial charge in [-0.05, 0) is 0 Å². The molecule has 0 amide bonds. The van der Waals surface area contributed by atoms with Crippen molar-refractivity contribution in [3.05, 3.63) is 0 Å². The lowest BCUT2D eigenvalue weighted by Gasteiger charge is -1.93. The van der Waals surface area contributed by atoms with Gasteiger partial charge in [-0.25, -0.2) is 0 Å². The minimum Gasteiger partial charge on any atom is 0 e. The Kier molecular flexibility index (Phi) is 3.81. The van der Waals surface area contributed by atoms with Gasteiger partial charge >= 0.3 is 0 Å². The Balaban J connectivity index is 2.75. The summed E-state index contributed by atoms with van der Waals surface area (Å²) in [6.45, 7) is 0. The average Bonchev–Trinajstić information content (AvgIpc) is 1.65. The fourth-order valence-electron chi connectivity index (χ4n) is 0.0642. The summed E-state index contributed by atoms with van der Waals surface area (Å²) in [5.41, 5.74) is 0. The Morgan fingerprint density at radius 1 is 1.17 bits per heavy atom. The summed E-state index contributed by atoms with van der Waals surface area (Å²) in [6.07, 6.45) is -0.259. The van der Waals surface area contributed by atoms with E-state index in [1.54, 1.807) is 0 Å². The van der Waals surface area contributed by atoms with Gasteiger partial charge in [0.15, 0.2) is 0 Å². The maximum absolute atomic E-state index is 5.11. The van der Waals surface area contributed by atoms with Gasteiger partial charge in [0.25, 0.3) is 0 Å². The second-order valence-electron chi connectivity index (χ2n) is 0.962. The van der Waals surface area contributed by atoms with Crippen LogP contribution in [-0.4, -0.2) is 43.7 Å². The van der Waals surface area contributed by atoms with Crippen LogP contribution in [0.1, 0.15) is 0 Å². The zero-order chi connectivity index (χ0) is 4.99. The zero-order valence-electron chi connectivity index (χ0n) is 3.46. The van der Waals surface area contributed by atoms with Crippen molar-refractivity contribution < 1.29 is 0 Å². The topological polar surface area (TPSA) is 0 Å². The second kappa shape index (κ2) is 3.58. The summed E-state index contributed by atoms with van der Waals surface area (Å²) < 4.78 is 0. The molecule has 0 aliphatic heterocycles. The molecule has 0 N–H and O–H groups in total. The predicted octanol–water partition coefficient (Wildman–Crippen LogP) is -2.28. The smallest absolute Gasteiger partial charge is 0 e. The highest BCUT2D eigenvalue weighted by Gasteiger charge is 1.93. The highest BCUT2D eigenvalue weighted by atomic mass is 12.7. The first-order chi connectivity index (χ1) is 2.81. The van der Waals surface area contributed by atoms with Crippen LogP contribution in [0.5, 0.6) is 0 Å². The van der Waals surface area contributed by atoms with E-state index >= 15 is 0 Å². The molecule has 0 nitrogen and oxygen atoms in total. The van der Waals surface area contributed by atoms with Crippen LogP contribution in [-0.2, 0) is 0 Å². The summed E-state index contributed by atoms with van der Waals surface area (Å²) in [7, 11) is 17.6. The van der Waals surface area contributed by atoms with Crippen LogP contribution in [0.3, 0.4) is 0 Å². The molecule has 0 aromatic rings. The second-order valence-corrected chi connectivity index (χ2v) is 0.962. The van der Waals surface area contributed by atoms with E-state index in [4.69, 9.17) is 23.2 Å². The Bertz CT molecular complexity index is 19.2. The van der Waals surface area contributed by atoms with Crippen LogP contribution < -0.4 is 0 Å². The normalized spacial score (nSPS) is 6.67. The van der Waals surface area contributed by atoms with Crippen LogP contribution in [0.25, 0.3) is 0 Å². The predicted molar refractivity (Wildman–Crippen MR) is 34.5 cm³/mol. The minimum absolute atomic E-state index is 0.259. The Labute approximate surface area is 44.5 Å². The van der Waals surface area contributed by atoms with E-state index in [9.17, 15) is 0 Å². The highest BCUT2D eigenvalue weighted by molar-refractivity contribution is 7.69. The third-order valence-electron chi connectivity index (χ3n) is 0.444. The molecule has 6 heteroatoms. The maximum atomic E-state index is 5.11. The van der Waals surface area contributed by atoms with Crippen molar-refractivity contribution >= 4 is 43.7 Å². The number of hydrogen-bond donors (Lipinski definition) is 0. The van der Waals surface area contributed by atoms with E-state index in [-0.39, 0.29) is 6.39 Å². The molecule has 0 unspecified atom stereocenters. The fourth-order valence-corrected chi connectivity index (χ4v) is 0.0642. The Hall–Kier alpha value is 0.390. The zero-order valence-corrected chi connectivity index (χ0v) is 3.46. The summed E-state index contributed by atoms with van der Waals surface area (Å²) in [4.78, 5) is 0. The highest BCUT2D eigenvalue weighted by Crippen LogP contribution is 1.55. The lowest BCUT2D eigenvalue weighted by atomic mass is 8.88. The molecular formula is B6. The minimum atomic E-state index is -0.259. The summed E-state index contributed by atoms with van der Waals surface area (Å²) in [5.74, 6) is 0. The number of rotatable bonds is 2. The molecule has 0 aromatic carbocycles. The SMILES string of the molecule is [B][B]B([B])[B][B]. The van der Waals surface area contributed by atoms with Crippen molar-refractivity contribution in [1.82, 2.24) is 0 Å². The largest absolute Gasteiger partial charge is 0 e. The van der Waals surface area contributed by atoms with Gasteiger partial charge in [0, 0.05) is 43.7 Å². The molecule has 0 aliphatic carbocycles. The first-order valence-corrected chi connectivity index (χ1v) is 1.67. The molecule has 0 fully saturated rings. The van der Waals surface area contributed by atoms with Gasteiger partial charge in [0.1, 0.15) is 0 Å². The lowest BCUT2D eigenvalue weighted by molar-refractivity contribution is 3.82. The molecule has 18 valence electrons. The van der Waals surface area contributed by atoms with Crippen LogP contribution in [0.4, 0.5) is 0 Å². The molecule has 0 bridgehead atoms. The van der Waals surface area contributed by atoms with Crippen LogP contribution in [0, 0.1) is 0 Å². The summed E-state index contributed by atoms with van der Waals surface area (Å²) in [6, 6.07) is 0. The fraction of sp³-hybridized carbons (Fsp3) is 0. The third-order valence-corrected chi connectivity index (χ3v) is 0.444. The van der Waals surface area contributed by atoms with Crippen molar-refractivity contribution in [2.45, 2.75) is 0 Å². The van der Waals surface area contributed by atoms with Gasteiger partial charge < -0.3 is 0 Å². The molecule has 0 saturated heterocycles. The molecule has 0 heterocycles. The molecular weight excluding hydrogens is 64.9 g/mol.